The van der Waals surface area contributed by atoms with Crippen molar-refractivity contribution < 1.29 is 36.4 Å². The summed E-state index contributed by atoms with van der Waals surface area (Å²) < 4.78 is 76.1. The van der Waals surface area contributed by atoms with Gasteiger partial charge in [-0.1, -0.05) is 85.3 Å². The number of nitrogens with zero attached hydrogens (tertiary/aromatic N) is 4. The summed E-state index contributed by atoms with van der Waals surface area (Å²) in [4.78, 5) is 17.0. The van der Waals surface area contributed by atoms with E-state index < -0.39 is 30.6 Å². The van der Waals surface area contributed by atoms with Gasteiger partial charge in [0.1, 0.15) is 33.6 Å². The summed E-state index contributed by atoms with van der Waals surface area (Å²) in [5, 5.41) is 24.7. The number of halogens is 9. The Bertz CT molecular complexity index is 1810. The first-order valence-electron chi connectivity index (χ1n) is 16.4. The number of nitrogens with one attached hydrogen (secondary N) is 2. The van der Waals surface area contributed by atoms with Crippen LogP contribution in [0.4, 0.5) is 38.0 Å². The van der Waals surface area contributed by atoms with Crippen LogP contribution < -0.4 is 16.1 Å². The first-order chi connectivity index (χ1) is 24.4. The van der Waals surface area contributed by atoms with Crippen LogP contribution >= 0.6 is 45.8 Å². The molecule has 2 aromatic heterocycles. The highest BCUT2D eigenvalue weighted by molar-refractivity contribution is 14.1. The molecule has 2 aliphatic rings. The van der Waals surface area contributed by atoms with E-state index in [0.717, 1.165) is 65.2 Å². The molecule has 2 aliphatic carbocycles. The molecule has 0 atom stereocenters. The van der Waals surface area contributed by atoms with E-state index in [9.17, 15) is 26.3 Å². The van der Waals surface area contributed by atoms with Crippen LogP contribution in [0.25, 0.3) is 11.1 Å². The molecule has 4 aromatic rings. The maximum atomic E-state index is 13.0. The van der Waals surface area contributed by atoms with Gasteiger partial charge < -0.3 is 20.7 Å². The zero-order valence-corrected chi connectivity index (χ0v) is 31.8. The number of hydrogen-bond acceptors (Lipinski definition) is 8. The minimum atomic E-state index is -4.45. The Balaban J connectivity index is 0.000000186. The molecule has 0 bridgehead atoms. The van der Waals surface area contributed by atoms with Crippen molar-refractivity contribution in [2.45, 2.75) is 89.7 Å². The average Bonchev–Trinajstić information content (AvgIpc) is 3.78. The lowest BCUT2D eigenvalue weighted by Gasteiger charge is -2.18. The number of aryl methyl sites for hydroxylation is 2. The fourth-order valence-corrected chi connectivity index (χ4v) is 6.70. The topological polar surface area (TPSA) is 116 Å². The fraction of sp³-hybridized carbons (Fsp3) is 0.412. The highest BCUT2D eigenvalue weighted by Crippen LogP contribution is 2.38. The number of benzene rings is 2. The Morgan fingerprint density at radius 2 is 1.15 bits per heavy atom. The van der Waals surface area contributed by atoms with E-state index in [1.165, 1.54) is 37.8 Å². The van der Waals surface area contributed by atoms with E-state index in [2.05, 4.69) is 53.2 Å². The van der Waals surface area contributed by atoms with Gasteiger partial charge in [-0.15, -0.1) is 0 Å². The molecule has 6 rings (SSSR count). The lowest BCUT2D eigenvalue weighted by molar-refractivity contribution is -0.138. The normalized spacial score (nSPS) is 15.0. The van der Waals surface area contributed by atoms with Crippen LogP contribution in [0.5, 0.6) is 0 Å². The lowest BCUT2D eigenvalue weighted by atomic mass is 9.79. The predicted molar refractivity (Wildman–Crippen MR) is 200 cm³/mol. The molecule has 280 valence electrons. The van der Waals surface area contributed by atoms with Crippen LogP contribution in [-0.4, -0.2) is 49.2 Å². The SMILES string of the molecule is Cc1nc(Cl)c(-c2cccc(C(F)(F)F)c2)c(NC2CCCC2)n1.Cc1nc(Cl)c(I)c(NC2CCCC2)n1.OB(O)c1cccc(C(F)(F)F)c1. The van der Waals surface area contributed by atoms with Gasteiger partial charge in [-0.25, -0.2) is 19.9 Å². The van der Waals surface area contributed by atoms with Crippen molar-refractivity contribution in [1.82, 2.24) is 19.9 Å². The first-order valence-corrected chi connectivity index (χ1v) is 18.2. The molecule has 18 heteroatoms. The van der Waals surface area contributed by atoms with Gasteiger partial charge in [-0.2, -0.15) is 26.3 Å². The van der Waals surface area contributed by atoms with Gasteiger partial charge in [-0.05, 0) is 85.3 Å². The summed E-state index contributed by atoms with van der Waals surface area (Å²) in [5.74, 6) is 2.59. The van der Waals surface area contributed by atoms with Crippen molar-refractivity contribution in [2.75, 3.05) is 10.6 Å². The molecule has 8 nitrogen and oxygen atoms in total. The van der Waals surface area contributed by atoms with Crippen molar-refractivity contribution in [1.29, 1.82) is 0 Å². The maximum Gasteiger partial charge on any atom is 0.488 e. The summed E-state index contributed by atoms with van der Waals surface area (Å²) in [6, 6.07) is 9.80. The van der Waals surface area contributed by atoms with Crippen molar-refractivity contribution >= 4 is 70.0 Å². The van der Waals surface area contributed by atoms with Crippen LogP contribution in [0.3, 0.4) is 0 Å². The summed E-state index contributed by atoms with van der Waals surface area (Å²) >= 11 is 14.4. The van der Waals surface area contributed by atoms with Crippen LogP contribution in [0.1, 0.15) is 74.1 Å². The molecule has 0 saturated heterocycles. The number of alkyl halides is 6. The average molecular weight is 883 g/mol. The first kappa shape index (κ1) is 41.8. The third-order valence-corrected chi connectivity index (χ3v) is 10.2. The third-order valence-electron chi connectivity index (χ3n) is 8.28. The van der Waals surface area contributed by atoms with E-state index in [1.54, 1.807) is 13.0 Å². The number of anilines is 2. The highest BCUT2D eigenvalue weighted by atomic mass is 127. The highest BCUT2D eigenvalue weighted by Gasteiger charge is 2.32. The summed E-state index contributed by atoms with van der Waals surface area (Å²) in [6.07, 6.45) is 0.525. The largest absolute Gasteiger partial charge is 0.488 e. The molecule has 0 aliphatic heterocycles. The standard InChI is InChI=1S/C17H17ClF3N3.C10H13ClIN3.C7H6BF3O2/c1-10-22-15(18)14(16(23-10)24-13-7-2-3-8-13)11-5-4-6-12(9-11)17(19,20)21;1-6-13-9(11)8(12)10(14-6)15-7-4-2-3-5-7;9-7(10,11)5-2-1-3-6(4-5)8(12)13/h4-6,9,13H,2-3,7-8H2,1H3,(H,22,23,24);7H,2-5H2,1H3,(H,13,14,15);1-4,12-13H. The molecule has 4 N–H and O–H groups in total. The van der Waals surface area contributed by atoms with E-state index >= 15 is 0 Å². The van der Waals surface area contributed by atoms with Crippen LogP contribution in [0, 0.1) is 17.4 Å². The Hall–Kier alpha value is -2.93. The van der Waals surface area contributed by atoms with Gasteiger partial charge in [0.05, 0.1) is 20.3 Å². The van der Waals surface area contributed by atoms with Gasteiger partial charge in [0, 0.05) is 12.1 Å². The third kappa shape index (κ3) is 12.0. The van der Waals surface area contributed by atoms with Gasteiger partial charge in [0.2, 0.25) is 0 Å². The molecule has 0 unspecified atom stereocenters. The van der Waals surface area contributed by atoms with Crippen LogP contribution in [0.2, 0.25) is 10.3 Å². The molecule has 2 aromatic carbocycles. The molecule has 52 heavy (non-hydrogen) atoms. The zero-order valence-electron chi connectivity index (χ0n) is 28.1. The van der Waals surface area contributed by atoms with Crippen molar-refractivity contribution in [2.24, 2.45) is 0 Å². The van der Waals surface area contributed by atoms with Crippen molar-refractivity contribution in [3.63, 3.8) is 0 Å². The van der Waals surface area contributed by atoms with E-state index in [1.807, 2.05) is 6.92 Å². The van der Waals surface area contributed by atoms with Gasteiger partial charge in [0.15, 0.2) is 0 Å². The van der Waals surface area contributed by atoms with E-state index in [4.69, 9.17) is 33.2 Å². The molecule has 0 amide bonds. The Morgan fingerprint density at radius 3 is 1.67 bits per heavy atom. The number of aromatic nitrogens is 4. The molecule has 2 saturated carbocycles. The van der Waals surface area contributed by atoms with Crippen LogP contribution in [0.15, 0.2) is 48.5 Å². The molecule has 2 fully saturated rings. The van der Waals surface area contributed by atoms with Gasteiger partial charge >= 0.3 is 19.5 Å². The quantitative estimate of drug-likeness (QED) is 0.0656. The van der Waals surface area contributed by atoms with E-state index in [-0.39, 0.29) is 16.7 Å². The van der Waals surface area contributed by atoms with E-state index in [0.29, 0.717) is 40.0 Å². The van der Waals surface area contributed by atoms with Crippen LogP contribution in [-0.2, 0) is 12.4 Å². The maximum absolute atomic E-state index is 13.0. The Kier molecular flexibility index (Phi) is 14.8. The zero-order chi connectivity index (χ0) is 38.2. The van der Waals surface area contributed by atoms with Crippen molar-refractivity contribution in [3.8, 4) is 11.1 Å². The van der Waals surface area contributed by atoms with Gasteiger partial charge in [0.25, 0.3) is 0 Å². The summed E-state index contributed by atoms with van der Waals surface area (Å²) in [7, 11) is -1.87. The molecule has 0 radical (unpaired) electrons. The molecule has 2 heterocycles. The minimum Gasteiger partial charge on any atom is -0.423 e. The lowest BCUT2D eigenvalue weighted by Crippen LogP contribution is -2.30. The number of rotatable bonds is 6. The second-order valence-corrected chi connectivity index (χ2v) is 14.1. The monoisotopic (exact) mass is 882 g/mol. The second kappa shape index (κ2) is 18.4. The minimum absolute atomic E-state index is 0.155. The predicted octanol–water partition coefficient (Wildman–Crippen LogP) is 9.26. The summed E-state index contributed by atoms with van der Waals surface area (Å²) in [5.41, 5.74) is -1.01. The van der Waals surface area contributed by atoms with Crippen molar-refractivity contribution in [3.05, 3.63) is 85.2 Å². The molecular formula is C34H36BCl2F6IN6O2. The molecular weight excluding hydrogens is 847 g/mol. The fourth-order valence-electron chi connectivity index (χ4n) is 5.77. The smallest absolute Gasteiger partial charge is 0.423 e. The van der Waals surface area contributed by atoms with Gasteiger partial charge in [-0.3, -0.25) is 0 Å². The Labute approximate surface area is 321 Å². The number of hydrogen-bond donors (Lipinski definition) is 4. The Morgan fingerprint density at radius 1 is 0.692 bits per heavy atom. The second-order valence-electron chi connectivity index (χ2n) is 12.3. The molecule has 0 spiro atoms. The summed E-state index contributed by atoms with van der Waals surface area (Å²) in [6.45, 7) is 3.57.